The monoisotopic (exact) mass is 245 g/mol. The van der Waals surface area contributed by atoms with E-state index in [1.54, 1.807) is 6.92 Å². The number of amides is 1. The number of hydrogen-bond acceptors (Lipinski definition) is 3. The minimum Gasteiger partial charge on any atom is -0.481 e. The molecule has 0 saturated heterocycles. The average molecular weight is 246 g/mol. The molecule has 1 aromatic rings. The molecule has 1 heterocycles. The van der Waals surface area contributed by atoms with Gasteiger partial charge in [-0.15, -0.1) is 0 Å². The molecular weight excluding hydrogens is 234 g/mol. The van der Waals surface area contributed by atoms with Gasteiger partial charge >= 0.3 is 5.97 Å². The summed E-state index contributed by atoms with van der Waals surface area (Å²) in [6.07, 6.45) is -0.114. The van der Waals surface area contributed by atoms with Gasteiger partial charge in [-0.2, -0.15) is 0 Å². The first kappa shape index (κ1) is 12.6. The number of carboxylic acids is 1. The van der Waals surface area contributed by atoms with E-state index in [0.29, 0.717) is 0 Å². The van der Waals surface area contributed by atoms with Crippen LogP contribution in [-0.4, -0.2) is 35.0 Å². The number of rotatable bonds is 4. The number of halogens is 1. The molecular formula is C10H12ClNO4. The fourth-order valence-corrected chi connectivity index (χ4v) is 1.34. The van der Waals surface area contributed by atoms with Crippen LogP contribution in [-0.2, 0) is 4.79 Å². The van der Waals surface area contributed by atoms with Crippen LogP contribution in [0.4, 0.5) is 0 Å². The van der Waals surface area contributed by atoms with Gasteiger partial charge in [-0.1, -0.05) is 0 Å². The number of aliphatic carboxylic acids is 1. The largest absolute Gasteiger partial charge is 0.481 e. The summed E-state index contributed by atoms with van der Waals surface area (Å²) in [6, 6.07) is 2.51. The average Bonchev–Trinajstić information content (AvgIpc) is 2.61. The minimum atomic E-state index is -0.954. The van der Waals surface area contributed by atoms with E-state index >= 15 is 0 Å². The van der Waals surface area contributed by atoms with Crippen molar-refractivity contribution in [3.8, 4) is 0 Å². The summed E-state index contributed by atoms with van der Waals surface area (Å²) in [6.45, 7) is 1.65. The molecule has 0 aliphatic heterocycles. The Morgan fingerprint density at radius 2 is 2.19 bits per heavy atom. The molecule has 0 saturated carbocycles. The standard InChI is InChI=1S/C10H12ClNO4/c1-6(5-9(13)14)12(2)10(15)7-3-4-8(11)16-7/h3-4,6H,5H2,1-2H3,(H,13,14). The smallest absolute Gasteiger partial charge is 0.305 e. The lowest BCUT2D eigenvalue weighted by Gasteiger charge is -2.22. The number of carbonyl (C=O) groups excluding carboxylic acids is 1. The number of furan rings is 1. The third kappa shape index (κ3) is 3.00. The van der Waals surface area contributed by atoms with Crippen molar-refractivity contribution in [3.63, 3.8) is 0 Å². The lowest BCUT2D eigenvalue weighted by atomic mass is 10.2. The van der Waals surface area contributed by atoms with Gasteiger partial charge in [-0.05, 0) is 30.7 Å². The van der Waals surface area contributed by atoms with Gasteiger partial charge in [0.05, 0.1) is 6.42 Å². The second-order valence-electron chi connectivity index (χ2n) is 3.47. The predicted molar refractivity (Wildman–Crippen MR) is 57.5 cm³/mol. The highest BCUT2D eigenvalue weighted by Gasteiger charge is 2.21. The summed E-state index contributed by atoms with van der Waals surface area (Å²) in [7, 11) is 1.52. The lowest BCUT2D eigenvalue weighted by Crippen LogP contribution is -2.36. The lowest BCUT2D eigenvalue weighted by molar-refractivity contribution is -0.137. The summed E-state index contributed by atoms with van der Waals surface area (Å²) in [5, 5.41) is 8.73. The van der Waals surface area contributed by atoms with Crippen molar-refractivity contribution < 1.29 is 19.1 Å². The van der Waals surface area contributed by atoms with Crippen molar-refractivity contribution in [2.75, 3.05) is 7.05 Å². The first-order valence-corrected chi connectivity index (χ1v) is 5.04. The number of hydrogen-bond donors (Lipinski definition) is 1. The van der Waals surface area contributed by atoms with E-state index in [-0.39, 0.29) is 23.3 Å². The van der Waals surface area contributed by atoms with Crippen molar-refractivity contribution in [3.05, 3.63) is 23.1 Å². The molecule has 1 aromatic heterocycles. The van der Waals surface area contributed by atoms with Crippen molar-refractivity contribution in [1.82, 2.24) is 4.90 Å². The van der Waals surface area contributed by atoms with E-state index in [1.165, 1.54) is 24.1 Å². The van der Waals surface area contributed by atoms with Gasteiger partial charge in [-0.3, -0.25) is 9.59 Å². The summed E-state index contributed by atoms with van der Waals surface area (Å²) in [4.78, 5) is 23.6. The maximum absolute atomic E-state index is 11.8. The molecule has 1 rings (SSSR count). The Hall–Kier alpha value is -1.49. The molecule has 6 heteroatoms. The van der Waals surface area contributed by atoms with Crippen molar-refractivity contribution >= 4 is 23.5 Å². The van der Waals surface area contributed by atoms with E-state index < -0.39 is 12.0 Å². The van der Waals surface area contributed by atoms with Gasteiger partial charge in [-0.25, -0.2) is 0 Å². The van der Waals surface area contributed by atoms with Crippen LogP contribution < -0.4 is 0 Å². The summed E-state index contributed by atoms with van der Waals surface area (Å²) >= 11 is 5.54. The summed E-state index contributed by atoms with van der Waals surface area (Å²) in [5.41, 5.74) is 0. The highest BCUT2D eigenvalue weighted by molar-refractivity contribution is 6.29. The molecule has 1 amide bonds. The van der Waals surface area contributed by atoms with Crippen LogP contribution in [0.1, 0.15) is 23.9 Å². The van der Waals surface area contributed by atoms with Crippen molar-refractivity contribution in [2.24, 2.45) is 0 Å². The molecule has 88 valence electrons. The Kier molecular flexibility index (Phi) is 3.95. The number of carbonyl (C=O) groups is 2. The summed E-state index contributed by atoms with van der Waals surface area (Å²) in [5.74, 6) is -1.24. The predicted octanol–water partition coefficient (Wildman–Crippen LogP) is 1.87. The van der Waals surface area contributed by atoms with Gasteiger partial charge < -0.3 is 14.4 Å². The van der Waals surface area contributed by atoms with Gasteiger partial charge in [0.2, 0.25) is 0 Å². The molecule has 0 aromatic carbocycles. The topological polar surface area (TPSA) is 70.8 Å². The van der Waals surface area contributed by atoms with Gasteiger partial charge in [0, 0.05) is 13.1 Å². The van der Waals surface area contributed by atoms with Crippen LogP contribution in [0.15, 0.2) is 16.5 Å². The van der Waals surface area contributed by atoms with E-state index in [4.69, 9.17) is 21.1 Å². The SMILES string of the molecule is CC(CC(=O)O)N(C)C(=O)c1ccc(Cl)o1. The van der Waals surface area contributed by atoms with Crippen LogP contribution >= 0.6 is 11.6 Å². The van der Waals surface area contributed by atoms with Crippen LogP contribution in [0, 0.1) is 0 Å². The molecule has 0 aliphatic carbocycles. The fourth-order valence-electron chi connectivity index (χ4n) is 1.19. The van der Waals surface area contributed by atoms with Crippen molar-refractivity contribution in [2.45, 2.75) is 19.4 Å². The normalized spacial score (nSPS) is 12.2. The van der Waals surface area contributed by atoms with Crippen LogP contribution in [0.3, 0.4) is 0 Å². The molecule has 16 heavy (non-hydrogen) atoms. The van der Waals surface area contributed by atoms with Crippen LogP contribution in [0.5, 0.6) is 0 Å². The van der Waals surface area contributed by atoms with E-state index in [2.05, 4.69) is 0 Å². The van der Waals surface area contributed by atoms with Gasteiger partial charge in [0.15, 0.2) is 11.0 Å². The van der Waals surface area contributed by atoms with Gasteiger partial charge in [0.25, 0.3) is 5.91 Å². The molecule has 1 N–H and O–H groups in total. The molecule has 1 atom stereocenters. The molecule has 1 unspecified atom stereocenters. The molecule has 0 fully saturated rings. The first-order chi connectivity index (χ1) is 7.41. The molecule has 0 spiro atoms. The zero-order valence-electron chi connectivity index (χ0n) is 8.94. The third-order valence-electron chi connectivity index (χ3n) is 2.24. The van der Waals surface area contributed by atoms with E-state index in [9.17, 15) is 9.59 Å². The number of carboxylic acid groups (broad SMARTS) is 1. The van der Waals surface area contributed by atoms with Crippen LogP contribution in [0.2, 0.25) is 5.22 Å². The maximum atomic E-state index is 11.8. The zero-order chi connectivity index (χ0) is 12.3. The van der Waals surface area contributed by atoms with E-state index in [0.717, 1.165) is 0 Å². The summed E-state index contributed by atoms with van der Waals surface area (Å²) < 4.78 is 4.95. The second-order valence-corrected chi connectivity index (χ2v) is 3.84. The maximum Gasteiger partial charge on any atom is 0.305 e. The Labute approximate surface area is 97.6 Å². The Balaban J connectivity index is 2.70. The van der Waals surface area contributed by atoms with Crippen molar-refractivity contribution in [1.29, 1.82) is 0 Å². The quantitative estimate of drug-likeness (QED) is 0.879. The van der Waals surface area contributed by atoms with Gasteiger partial charge in [0.1, 0.15) is 0 Å². The fraction of sp³-hybridized carbons (Fsp3) is 0.400. The number of nitrogens with zero attached hydrogens (tertiary/aromatic N) is 1. The molecule has 0 radical (unpaired) electrons. The first-order valence-electron chi connectivity index (χ1n) is 4.66. The highest BCUT2D eigenvalue weighted by Crippen LogP contribution is 2.16. The molecule has 0 aliphatic rings. The Morgan fingerprint density at radius 3 is 2.62 bits per heavy atom. The van der Waals surface area contributed by atoms with E-state index in [1.807, 2.05) is 0 Å². The zero-order valence-corrected chi connectivity index (χ0v) is 9.69. The minimum absolute atomic E-state index is 0.102. The Bertz CT molecular complexity index is 401. The Morgan fingerprint density at radius 1 is 1.56 bits per heavy atom. The molecule has 5 nitrogen and oxygen atoms in total. The molecule has 0 bridgehead atoms. The highest BCUT2D eigenvalue weighted by atomic mass is 35.5. The third-order valence-corrected chi connectivity index (χ3v) is 2.44. The second kappa shape index (κ2) is 5.03. The van der Waals surface area contributed by atoms with Crippen LogP contribution in [0.25, 0.3) is 0 Å².